The summed E-state index contributed by atoms with van der Waals surface area (Å²) in [6.07, 6.45) is 11.1. The summed E-state index contributed by atoms with van der Waals surface area (Å²) in [6.45, 7) is 7.10. The van der Waals surface area contributed by atoms with Crippen LogP contribution >= 0.6 is 22.6 Å². The third kappa shape index (κ3) is 3.04. The number of ketones is 1. The van der Waals surface area contributed by atoms with Gasteiger partial charge < -0.3 is 5.11 Å². The van der Waals surface area contributed by atoms with Crippen molar-refractivity contribution in [2.75, 3.05) is 4.43 Å². The zero-order valence-corrected chi connectivity index (χ0v) is 19.8. The standard InChI is InChI=1S/C25H35IO2/c1-17-15-19-20(23(2)11-7-18(27)16-22(17)23)8-12-24(3)21(19)9-13-25(24,28)10-5-4-6-14-26/h16-17,19-21,28H,4,6-9,11-15H2,1-3H3/t17-,19+,20-,21-,23+,24-,25-/m0/s1. The number of carbonyl (C=O) groups is 1. The van der Waals surface area contributed by atoms with Crippen LogP contribution in [0.1, 0.15) is 78.6 Å². The minimum atomic E-state index is -0.809. The molecule has 4 aliphatic carbocycles. The smallest absolute Gasteiger partial charge is 0.155 e. The van der Waals surface area contributed by atoms with Crippen LogP contribution in [0.3, 0.4) is 0 Å². The highest BCUT2D eigenvalue weighted by atomic mass is 127. The van der Waals surface area contributed by atoms with Crippen molar-refractivity contribution in [2.24, 2.45) is 34.5 Å². The highest BCUT2D eigenvalue weighted by molar-refractivity contribution is 14.1. The van der Waals surface area contributed by atoms with E-state index >= 15 is 0 Å². The van der Waals surface area contributed by atoms with Gasteiger partial charge in [-0.2, -0.15) is 0 Å². The number of hydrogen-bond acceptors (Lipinski definition) is 2. The molecule has 3 fully saturated rings. The largest absolute Gasteiger partial charge is 0.377 e. The van der Waals surface area contributed by atoms with Crippen LogP contribution in [0.4, 0.5) is 0 Å². The molecule has 7 atom stereocenters. The van der Waals surface area contributed by atoms with E-state index in [4.69, 9.17) is 0 Å². The third-order valence-corrected chi connectivity index (χ3v) is 9.92. The minimum Gasteiger partial charge on any atom is -0.377 e. The Kier molecular flexibility index (Phi) is 5.54. The third-order valence-electron chi connectivity index (χ3n) is 9.16. The molecule has 1 N–H and O–H groups in total. The van der Waals surface area contributed by atoms with Gasteiger partial charge in [-0.05, 0) is 80.1 Å². The monoisotopic (exact) mass is 494 g/mol. The van der Waals surface area contributed by atoms with Crippen molar-refractivity contribution in [2.45, 2.75) is 84.2 Å². The number of unbranched alkanes of at least 4 members (excludes halogenated alkanes) is 1. The van der Waals surface area contributed by atoms with E-state index in [0.29, 0.717) is 35.9 Å². The second-order valence-corrected chi connectivity index (χ2v) is 11.5. The molecular formula is C25H35IO2. The number of alkyl halides is 1. The molecule has 0 bridgehead atoms. The summed E-state index contributed by atoms with van der Waals surface area (Å²) in [5.41, 5.74) is 0.731. The second-order valence-electron chi connectivity index (χ2n) is 10.4. The average molecular weight is 494 g/mol. The fourth-order valence-corrected chi connectivity index (χ4v) is 7.95. The van der Waals surface area contributed by atoms with Crippen molar-refractivity contribution in [3.63, 3.8) is 0 Å². The van der Waals surface area contributed by atoms with Gasteiger partial charge in [-0.3, -0.25) is 4.79 Å². The molecular weight excluding hydrogens is 459 g/mol. The molecule has 2 nitrogen and oxygen atoms in total. The molecule has 4 aliphatic rings. The van der Waals surface area contributed by atoms with Gasteiger partial charge in [-0.1, -0.05) is 54.9 Å². The van der Waals surface area contributed by atoms with Gasteiger partial charge in [-0.15, -0.1) is 5.92 Å². The van der Waals surface area contributed by atoms with E-state index in [0.717, 1.165) is 43.0 Å². The Labute approximate surface area is 184 Å². The zero-order valence-electron chi connectivity index (χ0n) is 17.7. The summed E-state index contributed by atoms with van der Waals surface area (Å²) in [7, 11) is 0. The first-order valence-electron chi connectivity index (χ1n) is 11.3. The lowest BCUT2D eigenvalue weighted by Crippen LogP contribution is -2.55. The number of rotatable bonds is 2. The van der Waals surface area contributed by atoms with Gasteiger partial charge in [0.05, 0.1) is 0 Å². The molecule has 4 rings (SSSR count). The highest BCUT2D eigenvalue weighted by Gasteiger charge is 2.64. The molecule has 28 heavy (non-hydrogen) atoms. The summed E-state index contributed by atoms with van der Waals surface area (Å²) in [5, 5.41) is 11.6. The molecule has 154 valence electrons. The Balaban J connectivity index is 1.63. The molecule has 0 aromatic carbocycles. The molecule has 0 aromatic heterocycles. The van der Waals surface area contributed by atoms with Gasteiger partial charge in [-0.25, -0.2) is 0 Å². The number of hydrogen-bond donors (Lipinski definition) is 1. The predicted molar refractivity (Wildman–Crippen MR) is 122 cm³/mol. The number of aliphatic hydroxyl groups is 1. The van der Waals surface area contributed by atoms with Gasteiger partial charge in [0.2, 0.25) is 0 Å². The van der Waals surface area contributed by atoms with Crippen LogP contribution in [0, 0.1) is 46.3 Å². The predicted octanol–water partition coefficient (Wildman–Crippen LogP) is 5.71. The molecule has 3 heteroatoms. The molecule has 3 saturated carbocycles. The van der Waals surface area contributed by atoms with Crippen molar-refractivity contribution >= 4 is 28.4 Å². The summed E-state index contributed by atoms with van der Waals surface area (Å²) >= 11 is 2.40. The van der Waals surface area contributed by atoms with Gasteiger partial charge in [0.25, 0.3) is 0 Å². The van der Waals surface area contributed by atoms with E-state index in [1.165, 1.54) is 18.4 Å². The lowest BCUT2D eigenvalue weighted by Gasteiger charge is -2.60. The second kappa shape index (κ2) is 7.41. The Bertz CT molecular complexity index is 745. The number of allylic oxidation sites excluding steroid dienone is 1. The van der Waals surface area contributed by atoms with Crippen molar-refractivity contribution < 1.29 is 9.90 Å². The first kappa shape index (κ1) is 20.9. The van der Waals surface area contributed by atoms with Crippen LogP contribution in [0.2, 0.25) is 0 Å². The van der Waals surface area contributed by atoms with Crippen LogP contribution < -0.4 is 0 Å². The zero-order chi connectivity index (χ0) is 20.2. The molecule has 0 aromatic rings. The van der Waals surface area contributed by atoms with Crippen molar-refractivity contribution in [1.29, 1.82) is 0 Å². The molecule has 0 aliphatic heterocycles. The first-order chi connectivity index (χ1) is 13.2. The van der Waals surface area contributed by atoms with Crippen LogP contribution in [0.5, 0.6) is 0 Å². The molecule has 0 spiro atoms. The van der Waals surface area contributed by atoms with Crippen molar-refractivity contribution in [3.8, 4) is 11.8 Å². The van der Waals surface area contributed by atoms with Gasteiger partial charge >= 0.3 is 0 Å². The Morgan fingerprint density at radius 3 is 2.71 bits per heavy atom. The van der Waals surface area contributed by atoms with E-state index in [-0.39, 0.29) is 10.8 Å². The van der Waals surface area contributed by atoms with E-state index in [9.17, 15) is 9.90 Å². The lowest BCUT2D eigenvalue weighted by molar-refractivity contribution is -0.121. The molecule has 0 saturated heterocycles. The Morgan fingerprint density at radius 2 is 1.96 bits per heavy atom. The quantitative estimate of drug-likeness (QED) is 0.231. The summed E-state index contributed by atoms with van der Waals surface area (Å²) in [6, 6.07) is 0. The number of fused-ring (bicyclic) bond motifs is 5. The van der Waals surface area contributed by atoms with E-state index in [2.05, 4.69) is 55.2 Å². The number of carbonyl (C=O) groups excluding carboxylic acids is 1. The molecule has 0 amide bonds. The summed E-state index contributed by atoms with van der Waals surface area (Å²) < 4.78 is 1.13. The van der Waals surface area contributed by atoms with E-state index in [1.54, 1.807) is 0 Å². The number of halogens is 1. The Hall–Kier alpha value is -0.340. The normalized spacial score (nSPS) is 47.3. The average Bonchev–Trinajstić information content (AvgIpc) is 2.92. The van der Waals surface area contributed by atoms with Crippen molar-refractivity contribution in [1.82, 2.24) is 0 Å². The SMILES string of the molecule is C[C@H]1C[C@@H]2[C@H](CC[C@@]3(C)[C@H]2CC[C@@]3(O)C#CCCCI)[C@@]2(C)CCC(=O)C=C12. The lowest BCUT2D eigenvalue weighted by atomic mass is 9.45. The molecule has 0 unspecified atom stereocenters. The molecule has 0 heterocycles. The highest BCUT2D eigenvalue weighted by Crippen LogP contribution is 2.68. The van der Waals surface area contributed by atoms with Crippen LogP contribution in [-0.2, 0) is 4.79 Å². The maximum absolute atomic E-state index is 12.1. The maximum Gasteiger partial charge on any atom is 0.155 e. The minimum absolute atomic E-state index is 0.0761. The Morgan fingerprint density at radius 1 is 1.21 bits per heavy atom. The first-order valence-corrected chi connectivity index (χ1v) is 12.8. The van der Waals surface area contributed by atoms with Crippen LogP contribution in [0.15, 0.2) is 11.6 Å². The maximum atomic E-state index is 12.1. The topological polar surface area (TPSA) is 37.3 Å². The van der Waals surface area contributed by atoms with Gasteiger partial charge in [0, 0.05) is 22.7 Å². The summed E-state index contributed by atoms with van der Waals surface area (Å²) in [5.74, 6) is 9.37. The van der Waals surface area contributed by atoms with E-state index in [1.807, 2.05) is 6.08 Å². The van der Waals surface area contributed by atoms with Crippen molar-refractivity contribution in [3.05, 3.63) is 11.6 Å². The van der Waals surface area contributed by atoms with E-state index < -0.39 is 5.60 Å². The van der Waals surface area contributed by atoms with Gasteiger partial charge in [0.15, 0.2) is 5.78 Å². The van der Waals surface area contributed by atoms with Crippen LogP contribution in [-0.4, -0.2) is 20.9 Å². The summed E-state index contributed by atoms with van der Waals surface area (Å²) in [4.78, 5) is 12.1. The van der Waals surface area contributed by atoms with Crippen LogP contribution in [0.25, 0.3) is 0 Å². The fourth-order valence-electron chi connectivity index (χ4n) is 7.57. The van der Waals surface area contributed by atoms with Gasteiger partial charge in [0.1, 0.15) is 5.60 Å². The molecule has 0 radical (unpaired) electrons. The fraction of sp³-hybridized carbons (Fsp3) is 0.800.